The van der Waals surface area contributed by atoms with Crippen LogP contribution in [0.2, 0.25) is 0 Å². The maximum absolute atomic E-state index is 13.1. The maximum atomic E-state index is 13.1. The molecule has 3 aromatic rings. The van der Waals surface area contributed by atoms with E-state index in [1.54, 1.807) is 30.3 Å². The number of thioether (sulfide) groups is 1. The summed E-state index contributed by atoms with van der Waals surface area (Å²) < 4.78 is 26.0. The summed E-state index contributed by atoms with van der Waals surface area (Å²) in [5.74, 6) is -0.127. The van der Waals surface area contributed by atoms with Crippen molar-refractivity contribution in [3.63, 3.8) is 0 Å². The van der Waals surface area contributed by atoms with Gasteiger partial charge >= 0.3 is 0 Å². The zero-order valence-corrected chi connectivity index (χ0v) is 17.1. The molecule has 4 nitrogen and oxygen atoms in total. The highest BCUT2D eigenvalue weighted by molar-refractivity contribution is 8.04. The molecular weight excluding hydrogens is 402 g/mol. The lowest BCUT2D eigenvalue weighted by Crippen LogP contribution is -2.34. The van der Waals surface area contributed by atoms with Crippen molar-refractivity contribution in [2.24, 2.45) is 0 Å². The molecule has 1 heterocycles. The fraction of sp³-hybridized carbons (Fsp3) is 0.0870. The van der Waals surface area contributed by atoms with Crippen LogP contribution in [-0.2, 0) is 14.6 Å². The van der Waals surface area contributed by atoms with E-state index in [1.165, 1.54) is 22.1 Å². The van der Waals surface area contributed by atoms with Crippen LogP contribution < -0.4 is 4.90 Å². The molecule has 0 saturated carbocycles. The third-order valence-corrected chi connectivity index (χ3v) is 7.48. The molecular formula is C23H19NO3S2. The van der Waals surface area contributed by atoms with Gasteiger partial charge in [-0.2, -0.15) is 0 Å². The highest BCUT2D eigenvalue weighted by Gasteiger charge is 2.33. The number of hydrogen-bond acceptors (Lipinski definition) is 4. The molecule has 0 N–H and O–H groups in total. The number of carbonyl (C=O) groups excluding carboxylic acids is 1. The van der Waals surface area contributed by atoms with E-state index in [0.717, 1.165) is 5.56 Å². The fourth-order valence-electron chi connectivity index (χ4n) is 3.21. The van der Waals surface area contributed by atoms with Gasteiger partial charge in [0.2, 0.25) is 15.7 Å². The molecule has 1 unspecified atom stereocenters. The Morgan fingerprint density at radius 3 is 2.00 bits per heavy atom. The zero-order valence-electron chi connectivity index (χ0n) is 15.5. The Bertz CT molecular complexity index is 1130. The molecule has 1 saturated heterocycles. The van der Waals surface area contributed by atoms with E-state index in [2.05, 4.69) is 0 Å². The molecule has 29 heavy (non-hydrogen) atoms. The Morgan fingerprint density at radius 2 is 1.38 bits per heavy atom. The summed E-state index contributed by atoms with van der Waals surface area (Å²) >= 11 is 1.40. The van der Waals surface area contributed by atoms with Gasteiger partial charge < -0.3 is 0 Å². The van der Waals surface area contributed by atoms with E-state index in [4.69, 9.17) is 0 Å². The van der Waals surface area contributed by atoms with E-state index >= 15 is 0 Å². The second-order valence-corrected chi connectivity index (χ2v) is 9.62. The van der Waals surface area contributed by atoms with Crippen LogP contribution in [0.1, 0.15) is 17.2 Å². The summed E-state index contributed by atoms with van der Waals surface area (Å²) in [5, 5.41) is 1.48. The lowest BCUT2D eigenvalue weighted by molar-refractivity contribution is -0.118. The van der Waals surface area contributed by atoms with E-state index in [0.29, 0.717) is 17.1 Å². The van der Waals surface area contributed by atoms with Crippen molar-refractivity contribution in [3.8, 4) is 0 Å². The molecule has 1 aliphatic rings. The third kappa shape index (κ3) is 4.28. The summed E-state index contributed by atoms with van der Waals surface area (Å²) in [6, 6.07) is 27.1. The van der Waals surface area contributed by atoms with Crippen molar-refractivity contribution in [1.82, 2.24) is 0 Å². The first-order chi connectivity index (χ1) is 14.0. The Balaban J connectivity index is 1.79. The summed E-state index contributed by atoms with van der Waals surface area (Å²) in [4.78, 5) is 14.8. The molecule has 146 valence electrons. The summed E-state index contributed by atoms with van der Waals surface area (Å²) in [5.41, 5.74) is 1.66. The van der Waals surface area contributed by atoms with Gasteiger partial charge in [-0.3, -0.25) is 9.69 Å². The molecule has 0 spiro atoms. The van der Waals surface area contributed by atoms with Gasteiger partial charge in [-0.15, -0.1) is 0 Å². The molecule has 0 aromatic heterocycles. The minimum atomic E-state index is -3.71. The Hall–Kier alpha value is -2.83. The van der Waals surface area contributed by atoms with Gasteiger partial charge in [-0.05, 0) is 29.8 Å². The molecule has 1 fully saturated rings. The largest absolute Gasteiger partial charge is 0.274 e. The van der Waals surface area contributed by atoms with Crippen LogP contribution in [0.15, 0.2) is 106 Å². The lowest BCUT2D eigenvalue weighted by atomic mass is 10.1. The average Bonchev–Trinajstić information content (AvgIpc) is 2.75. The summed E-state index contributed by atoms with van der Waals surface area (Å²) in [6.45, 7) is 0. The van der Waals surface area contributed by atoms with Gasteiger partial charge in [0, 0.05) is 17.4 Å². The molecule has 1 amide bonds. The van der Waals surface area contributed by atoms with E-state index in [-0.39, 0.29) is 16.1 Å². The highest BCUT2D eigenvalue weighted by atomic mass is 32.2. The van der Waals surface area contributed by atoms with Gasteiger partial charge in [0.25, 0.3) is 0 Å². The zero-order chi connectivity index (χ0) is 20.3. The van der Waals surface area contributed by atoms with Crippen molar-refractivity contribution in [2.75, 3.05) is 4.90 Å². The van der Waals surface area contributed by atoms with Crippen LogP contribution in [0.3, 0.4) is 0 Å². The monoisotopic (exact) mass is 421 g/mol. The normalized spacial score (nSPS) is 18.8. The quantitative estimate of drug-likeness (QED) is 0.583. The molecule has 1 atom stereocenters. The summed E-state index contributed by atoms with van der Waals surface area (Å²) in [7, 11) is -3.71. The van der Waals surface area contributed by atoms with Gasteiger partial charge in [0.15, 0.2) is 0 Å². The fourth-order valence-corrected chi connectivity index (χ4v) is 5.98. The van der Waals surface area contributed by atoms with Gasteiger partial charge in [0.1, 0.15) is 0 Å². The second-order valence-electron chi connectivity index (χ2n) is 6.60. The van der Waals surface area contributed by atoms with Crippen molar-refractivity contribution in [2.45, 2.75) is 16.6 Å². The third-order valence-electron chi connectivity index (χ3n) is 4.61. The topological polar surface area (TPSA) is 54.5 Å². The van der Waals surface area contributed by atoms with Gasteiger partial charge in [0.05, 0.1) is 15.3 Å². The highest BCUT2D eigenvalue weighted by Crippen LogP contribution is 2.45. The Labute approximate surface area is 174 Å². The van der Waals surface area contributed by atoms with Crippen molar-refractivity contribution < 1.29 is 13.2 Å². The molecule has 0 bridgehead atoms. The molecule has 3 aromatic carbocycles. The molecule has 1 aliphatic heterocycles. The first-order valence-corrected chi connectivity index (χ1v) is 11.6. The first kappa shape index (κ1) is 19.5. The van der Waals surface area contributed by atoms with E-state index in [1.807, 2.05) is 60.7 Å². The van der Waals surface area contributed by atoms with Crippen LogP contribution in [0.5, 0.6) is 0 Å². The second kappa shape index (κ2) is 8.27. The van der Waals surface area contributed by atoms with Gasteiger partial charge in [-0.1, -0.05) is 78.5 Å². The molecule has 0 radical (unpaired) electrons. The average molecular weight is 422 g/mol. The maximum Gasteiger partial charge on any atom is 0.233 e. The predicted molar refractivity (Wildman–Crippen MR) is 117 cm³/mol. The van der Waals surface area contributed by atoms with Crippen LogP contribution in [0.4, 0.5) is 5.69 Å². The Kier molecular flexibility index (Phi) is 5.56. The first-order valence-electron chi connectivity index (χ1n) is 9.16. The number of benzene rings is 3. The molecule has 6 heteroatoms. The molecule has 4 rings (SSSR count). The number of rotatable bonds is 4. The van der Waals surface area contributed by atoms with Crippen LogP contribution in [-0.4, -0.2) is 14.3 Å². The number of carbonyl (C=O) groups is 1. The van der Waals surface area contributed by atoms with Crippen molar-refractivity contribution in [1.29, 1.82) is 0 Å². The molecule has 0 aliphatic carbocycles. The van der Waals surface area contributed by atoms with Crippen LogP contribution >= 0.6 is 11.8 Å². The smallest absolute Gasteiger partial charge is 0.233 e. The number of sulfone groups is 1. The van der Waals surface area contributed by atoms with Crippen molar-refractivity contribution in [3.05, 3.63) is 107 Å². The summed E-state index contributed by atoms with van der Waals surface area (Å²) in [6.07, 6.45) is 0.298. The van der Waals surface area contributed by atoms with Crippen LogP contribution in [0.25, 0.3) is 0 Å². The van der Waals surface area contributed by atoms with Gasteiger partial charge in [-0.25, -0.2) is 8.42 Å². The number of anilines is 1. The minimum Gasteiger partial charge on any atom is -0.274 e. The predicted octanol–water partition coefficient (Wildman–Crippen LogP) is 5.17. The SMILES string of the molecule is O=C1CC(c2ccccc2)S/C(=C\S(=O)(=O)c2ccccc2)N1c1ccccc1. The Morgan fingerprint density at radius 1 is 0.828 bits per heavy atom. The minimum absolute atomic E-state index is 0.127. The van der Waals surface area contributed by atoms with Crippen molar-refractivity contribution >= 4 is 33.2 Å². The number of para-hydroxylation sites is 1. The van der Waals surface area contributed by atoms with E-state index in [9.17, 15) is 13.2 Å². The van der Waals surface area contributed by atoms with E-state index < -0.39 is 9.84 Å². The number of nitrogens with zero attached hydrogens (tertiary/aromatic N) is 1. The number of amides is 1. The lowest BCUT2D eigenvalue weighted by Gasteiger charge is -2.33. The number of hydrogen-bond donors (Lipinski definition) is 0. The standard InChI is InChI=1S/C23H19NO3S2/c25-22-16-21(18-10-4-1-5-11-18)28-23(24(22)19-12-6-2-7-13-19)17-29(26,27)20-14-8-3-9-15-20/h1-15,17,21H,16H2/b23-17-. The van der Waals surface area contributed by atoms with Crippen LogP contribution in [0, 0.1) is 0 Å².